The molecule has 3 rings (SSSR count). The standard InChI is InChI=1S/C19H17N5O2/c20-12-4-1-6-14(10-12)22-18(25)16-8-3-9-17(24-16)19(26)23-15-7-2-5-13(21)11-15/h1-11H,20-21H2,(H,22,25)(H,23,26). The quantitative estimate of drug-likeness (QED) is 0.540. The lowest BCUT2D eigenvalue weighted by Crippen LogP contribution is -2.18. The molecular formula is C19H17N5O2. The highest BCUT2D eigenvalue weighted by Gasteiger charge is 2.13. The molecule has 0 atom stereocenters. The van der Waals surface area contributed by atoms with E-state index in [0.717, 1.165) is 0 Å². The molecule has 3 aromatic rings. The summed E-state index contributed by atoms with van der Waals surface area (Å²) in [6.45, 7) is 0. The van der Waals surface area contributed by atoms with Gasteiger partial charge in [-0.15, -0.1) is 0 Å². The number of nitrogens with one attached hydrogen (secondary N) is 2. The van der Waals surface area contributed by atoms with E-state index in [1.165, 1.54) is 12.1 Å². The van der Waals surface area contributed by atoms with Crippen molar-refractivity contribution in [2.24, 2.45) is 0 Å². The number of hydrogen-bond acceptors (Lipinski definition) is 5. The summed E-state index contributed by atoms with van der Waals surface area (Å²) in [5.41, 5.74) is 13.8. The second-order valence-electron chi connectivity index (χ2n) is 5.57. The molecule has 6 N–H and O–H groups in total. The number of nitrogens with two attached hydrogens (primary N) is 2. The number of aromatic nitrogens is 1. The molecule has 0 bridgehead atoms. The van der Waals surface area contributed by atoms with Crippen molar-refractivity contribution in [2.45, 2.75) is 0 Å². The predicted octanol–water partition coefficient (Wildman–Crippen LogP) is 2.75. The topological polar surface area (TPSA) is 123 Å². The largest absolute Gasteiger partial charge is 0.399 e. The SMILES string of the molecule is Nc1cccc(NC(=O)c2cccc(C(=O)Nc3cccc(N)c3)n2)c1. The zero-order valence-electron chi connectivity index (χ0n) is 13.8. The third-order valence-corrected chi connectivity index (χ3v) is 3.50. The van der Waals surface area contributed by atoms with E-state index in [4.69, 9.17) is 11.5 Å². The highest BCUT2D eigenvalue weighted by molar-refractivity contribution is 6.06. The van der Waals surface area contributed by atoms with Crippen LogP contribution in [0.25, 0.3) is 0 Å². The molecule has 0 unspecified atom stereocenters. The van der Waals surface area contributed by atoms with Crippen LogP contribution in [0.15, 0.2) is 66.7 Å². The van der Waals surface area contributed by atoms with Crippen molar-refractivity contribution in [1.82, 2.24) is 4.98 Å². The minimum Gasteiger partial charge on any atom is -0.399 e. The van der Waals surface area contributed by atoms with Crippen LogP contribution in [0.3, 0.4) is 0 Å². The Hall–Kier alpha value is -3.87. The van der Waals surface area contributed by atoms with Crippen LogP contribution >= 0.6 is 0 Å². The number of amides is 2. The summed E-state index contributed by atoms with van der Waals surface area (Å²) in [5, 5.41) is 5.39. The maximum Gasteiger partial charge on any atom is 0.274 e. The number of carbonyl (C=O) groups is 2. The first-order valence-corrected chi connectivity index (χ1v) is 7.82. The number of anilines is 4. The van der Waals surface area contributed by atoms with Gasteiger partial charge < -0.3 is 22.1 Å². The number of nitrogens with zero attached hydrogens (tertiary/aromatic N) is 1. The van der Waals surface area contributed by atoms with Crippen LogP contribution in [0, 0.1) is 0 Å². The Morgan fingerprint density at radius 2 is 1.12 bits per heavy atom. The summed E-state index contributed by atoms with van der Waals surface area (Å²) in [6, 6.07) is 18.2. The Kier molecular flexibility index (Phi) is 4.80. The van der Waals surface area contributed by atoms with Gasteiger partial charge in [0.1, 0.15) is 11.4 Å². The number of hydrogen-bond donors (Lipinski definition) is 4. The van der Waals surface area contributed by atoms with Gasteiger partial charge in [-0.3, -0.25) is 9.59 Å². The average Bonchev–Trinajstić information content (AvgIpc) is 2.62. The average molecular weight is 347 g/mol. The molecular weight excluding hydrogens is 330 g/mol. The van der Waals surface area contributed by atoms with Gasteiger partial charge in [-0.2, -0.15) is 0 Å². The van der Waals surface area contributed by atoms with E-state index in [0.29, 0.717) is 22.7 Å². The molecule has 0 aliphatic carbocycles. The molecule has 0 spiro atoms. The molecule has 0 aliphatic heterocycles. The van der Waals surface area contributed by atoms with Crippen molar-refractivity contribution in [1.29, 1.82) is 0 Å². The van der Waals surface area contributed by atoms with E-state index >= 15 is 0 Å². The highest BCUT2D eigenvalue weighted by atomic mass is 16.2. The van der Waals surface area contributed by atoms with Crippen LogP contribution in [-0.4, -0.2) is 16.8 Å². The van der Waals surface area contributed by atoms with E-state index in [1.807, 2.05) is 0 Å². The van der Waals surface area contributed by atoms with E-state index in [1.54, 1.807) is 54.6 Å². The molecule has 1 heterocycles. The minimum absolute atomic E-state index is 0.118. The molecule has 0 aliphatic rings. The first kappa shape index (κ1) is 17.0. The number of benzene rings is 2. The third-order valence-electron chi connectivity index (χ3n) is 3.50. The molecule has 2 aromatic carbocycles. The summed E-state index contributed by atoms with van der Waals surface area (Å²) >= 11 is 0. The fourth-order valence-electron chi connectivity index (χ4n) is 2.31. The Bertz CT molecular complexity index is 897. The van der Waals surface area contributed by atoms with E-state index in [-0.39, 0.29) is 11.4 Å². The molecule has 2 amide bonds. The van der Waals surface area contributed by atoms with Crippen LogP contribution in [-0.2, 0) is 0 Å². The second-order valence-corrected chi connectivity index (χ2v) is 5.57. The molecule has 7 heteroatoms. The van der Waals surface area contributed by atoms with Crippen LogP contribution in [0.1, 0.15) is 21.0 Å². The van der Waals surface area contributed by atoms with Crippen molar-refractivity contribution in [3.05, 3.63) is 78.1 Å². The maximum absolute atomic E-state index is 12.3. The van der Waals surface area contributed by atoms with Gasteiger partial charge in [-0.05, 0) is 48.5 Å². The smallest absolute Gasteiger partial charge is 0.274 e. The maximum atomic E-state index is 12.3. The molecule has 1 aromatic heterocycles. The van der Waals surface area contributed by atoms with Crippen LogP contribution < -0.4 is 22.1 Å². The normalized spacial score (nSPS) is 10.2. The van der Waals surface area contributed by atoms with Gasteiger partial charge in [-0.25, -0.2) is 4.98 Å². The fourth-order valence-corrected chi connectivity index (χ4v) is 2.31. The fraction of sp³-hybridized carbons (Fsp3) is 0. The summed E-state index contributed by atoms with van der Waals surface area (Å²) in [5.74, 6) is -0.872. The molecule has 130 valence electrons. The predicted molar refractivity (Wildman–Crippen MR) is 102 cm³/mol. The second kappa shape index (κ2) is 7.35. The summed E-state index contributed by atoms with van der Waals surface area (Å²) < 4.78 is 0. The van der Waals surface area contributed by atoms with Crippen molar-refractivity contribution in [2.75, 3.05) is 22.1 Å². The molecule has 0 saturated heterocycles. The van der Waals surface area contributed by atoms with Gasteiger partial charge in [-0.1, -0.05) is 18.2 Å². The van der Waals surface area contributed by atoms with Crippen LogP contribution in [0.5, 0.6) is 0 Å². The zero-order chi connectivity index (χ0) is 18.5. The Morgan fingerprint density at radius 3 is 1.54 bits per heavy atom. The lowest BCUT2D eigenvalue weighted by atomic mass is 10.2. The first-order valence-electron chi connectivity index (χ1n) is 7.82. The Balaban J connectivity index is 1.75. The van der Waals surface area contributed by atoms with Gasteiger partial charge in [0, 0.05) is 22.7 Å². The summed E-state index contributed by atoms with van der Waals surface area (Å²) in [4.78, 5) is 28.8. The minimum atomic E-state index is -0.436. The molecule has 0 saturated carbocycles. The molecule has 0 fully saturated rings. The lowest BCUT2D eigenvalue weighted by Gasteiger charge is -2.08. The van der Waals surface area contributed by atoms with E-state index < -0.39 is 11.8 Å². The van der Waals surface area contributed by atoms with Gasteiger partial charge >= 0.3 is 0 Å². The number of nitrogen functional groups attached to an aromatic ring is 2. The van der Waals surface area contributed by atoms with Crippen molar-refractivity contribution >= 4 is 34.6 Å². The van der Waals surface area contributed by atoms with Crippen LogP contribution in [0.2, 0.25) is 0 Å². The summed E-state index contributed by atoms with van der Waals surface area (Å²) in [6.07, 6.45) is 0. The van der Waals surface area contributed by atoms with Gasteiger partial charge in [0.2, 0.25) is 0 Å². The third kappa shape index (κ3) is 4.15. The van der Waals surface area contributed by atoms with Crippen molar-refractivity contribution in [3.8, 4) is 0 Å². The van der Waals surface area contributed by atoms with Gasteiger partial charge in [0.05, 0.1) is 0 Å². The van der Waals surface area contributed by atoms with Gasteiger partial charge in [0.15, 0.2) is 0 Å². The van der Waals surface area contributed by atoms with Crippen molar-refractivity contribution in [3.63, 3.8) is 0 Å². The van der Waals surface area contributed by atoms with E-state index in [9.17, 15) is 9.59 Å². The van der Waals surface area contributed by atoms with Gasteiger partial charge in [0.25, 0.3) is 11.8 Å². The lowest BCUT2D eigenvalue weighted by molar-refractivity contribution is 0.101. The Labute approximate surface area is 150 Å². The van der Waals surface area contributed by atoms with Crippen LogP contribution in [0.4, 0.5) is 22.7 Å². The zero-order valence-corrected chi connectivity index (χ0v) is 13.8. The Morgan fingerprint density at radius 1 is 0.692 bits per heavy atom. The first-order chi connectivity index (χ1) is 12.5. The summed E-state index contributed by atoms with van der Waals surface area (Å²) in [7, 11) is 0. The molecule has 7 nitrogen and oxygen atoms in total. The highest BCUT2D eigenvalue weighted by Crippen LogP contribution is 2.15. The number of carbonyl (C=O) groups excluding carboxylic acids is 2. The van der Waals surface area contributed by atoms with Crippen molar-refractivity contribution < 1.29 is 9.59 Å². The molecule has 26 heavy (non-hydrogen) atoms. The number of pyridine rings is 1. The van der Waals surface area contributed by atoms with E-state index in [2.05, 4.69) is 15.6 Å². The number of rotatable bonds is 4. The monoisotopic (exact) mass is 347 g/mol. The molecule has 0 radical (unpaired) electrons.